The second-order valence-electron chi connectivity index (χ2n) is 7.23. The Labute approximate surface area is 183 Å². The van der Waals surface area contributed by atoms with Crippen molar-refractivity contribution in [3.8, 4) is 0 Å². The lowest BCUT2D eigenvalue weighted by Crippen LogP contribution is -2.41. The molecule has 0 spiro atoms. The summed E-state index contributed by atoms with van der Waals surface area (Å²) < 4.78 is 40.0. The van der Waals surface area contributed by atoms with Crippen LogP contribution in [0.5, 0.6) is 0 Å². The molecule has 0 saturated heterocycles. The highest BCUT2D eigenvalue weighted by molar-refractivity contribution is 6.30. The number of rotatable bonds is 6. The summed E-state index contributed by atoms with van der Waals surface area (Å²) in [6.45, 7) is 2.03. The molecular formula is C22H22ClF3N4O. The molecule has 0 radical (unpaired) electrons. The molecule has 1 atom stereocenters. The number of aryl methyl sites for hydroxylation is 2. The van der Waals surface area contributed by atoms with Crippen LogP contribution in [0.2, 0.25) is 5.02 Å². The first-order chi connectivity index (χ1) is 14.6. The molecule has 1 amide bonds. The average Bonchev–Trinajstić information content (AvgIpc) is 3.05. The van der Waals surface area contributed by atoms with Gasteiger partial charge in [0.25, 0.3) is 0 Å². The zero-order valence-corrected chi connectivity index (χ0v) is 17.8. The fourth-order valence-corrected chi connectivity index (χ4v) is 3.40. The first-order valence-electron chi connectivity index (χ1n) is 9.55. The van der Waals surface area contributed by atoms with Gasteiger partial charge in [-0.2, -0.15) is 18.3 Å². The monoisotopic (exact) mass is 450 g/mol. The van der Waals surface area contributed by atoms with E-state index in [2.05, 4.69) is 5.10 Å². The minimum atomic E-state index is -4.39. The van der Waals surface area contributed by atoms with Gasteiger partial charge in [0.1, 0.15) is 11.9 Å². The number of carbonyl (C=O) groups is 1. The summed E-state index contributed by atoms with van der Waals surface area (Å²) in [5, 5.41) is 4.82. The van der Waals surface area contributed by atoms with Crippen molar-refractivity contribution >= 4 is 23.3 Å². The molecule has 0 aliphatic rings. The molecule has 0 aliphatic heterocycles. The highest BCUT2D eigenvalue weighted by Gasteiger charge is 2.30. The van der Waals surface area contributed by atoms with Gasteiger partial charge in [0, 0.05) is 24.7 Å². The van der Waals surface area contributed by atoms with Crippen LogP contribution in [0.3, 0.4) is 0 Å². The van der Waals surface area contributed by atoms with E-state index in [-0.39, 0.29) is 12.5 Å². The highest BCUT2D eigenvalue weighted by Crippen LogP contribution is 2.29. The largest absolute Gasteiger partial charge is 0.416 e. The van der Waals surface area contributed by atoms with Crippen LogP contribution in [0.4, 0.5) is 19.0 Å². The standard InChI is InChI=1S/C22H22ClF3N4O/c1-14-13-19(29(2)28-14)30(21(31)20(27)16-5-9-18(23)10-6-16)12-11-15-3-7-17(8-4-15)22(24,25)26/h3-10,13,20H,11-12,27H2,1-2H3. The van der Waals surface area contributed by atoms with Crippen molar-refractivity contribution in [3.63, 3.8) is 0 Å². The number of hydrogen-bond acceptors (Lipinski definition) is 3. The van der Waals surface area contributed by atoms with Crippen molar-refractivity contribution in [2.24, 2.45) is 12.8 Å². The predicted octanol–water partition coefficient (Wildman–Crippen LogP) is 4.68. The van der Waals surface area contributed by atoms with Crippen LogP contribution < -0.4 is 10.6 Å². The lowest BCUT2D eigenvalue weighted by atomic mass is 10.1. The molecule has 0 aliphatic carbocycles. The summed E-state index contributed by atoms with van der Waals surface area (Å²) in [4.78, 5) is 14.8. The Hall–Kier alpha value is -2.84. The molecule has 3 rings (SSSR count). The van der Waals surface area contributed by atoms with Gasteiger partial charge in [-0.3, -0.25) is 14.4 Å². The quantitative estimate of drug-likeness (QED) is 0.593. The van der Waals surface area contributed by atoms with Crippen molar-refractivity contribution in [1.82, 2.24) is 9.78 Å². The minimum Gasteiger partial charge on any atom is -0.316 e. The number of amides is 1. The van der Waals surface area contributed by atoms with Crippen molar-refractivity contribution in [2.45, 2.75) is 25.6 Å². The number of carbonyl (C=O) groups excluding carboxylic acids is 1. The number of aromatic nitrogens is 2. The Kier molecular flexibility index (Phi) is 6.71. The first-order valence-corrected chi connectivity index (χ1v) is 9.93. The van der Waals surface area contributed by atoms with Crippen LogP contribution in [0.15, 0.2) is 54.6 Å². The van der Waals surface area contributed by atoms with E-state index in [1.54, 1.807) is 49.0 Å². The second-order valence-corrected chi connectivity index (χ2v) is 7.67. The maximum absolute atomic E-state index is 13.3. The molecule has 0 fully saturated rings. The molecule has 5 nitrogen and oxygen atoms in total. The molecule has 1 unspecified atom stereocenters. The molecule has 1 heterocycles. The predicted molar refractivity (Wildman–Crippen MR) is 114 cm³/mol. The van der Waals surface area contributed by atoms with Crippen LogP contribution in [0.25, 0.3) is 0 Å². The van der Waals surface area contributed by atoms with Gasteiger partial charge in [-0.1, -0.05) is 35.9 Å². The summed E-state index contributed by atoms with van der Waals surface area (Å²) in [5.41, 5.74) is 7.52. The molecule has 2 aromatic carbocycles. The number of benzene rings is 2. The third-order valence-corrected chi connectivity index (χ3v) is 5.17. The molecule has 0 bridgehead atoms. The Balaban J connectivity index is 1.84. The molecule has 9 heteroatoms. The van der Waals surface area contributed by atoms with E-state index in [0.29, 0.717) is 28.4 Å². The summed E-state index contributed by atoms with van der Waals surface area (Å²) in [6.07, 6.45) is -4.04. The van der Waals surface area contributed by atoms with Gasteiger partial charge in [0.15, 0.2) is 0 Å². The van der Waals surface area contributed by atoms with Gasteiger partial charge in [-0.05, 0) is 48.7 Å². The van der Waals surface area contributed by atoms with Crippen molar-refractivity contribution in [2.75, 3.05) is 11.4 Å². The molecule has 31 heavy (non-hydrogen) atoms. The van der Waals surface area contributed by atoms with Gasteiger partial charge >= 0.3 is 6.18 Å². The third kappa shape index (κ3) is 5.45. The molecule has 3 aromatic rings. The summed E-state index contributed by atoms with van der Waals surface area (Å²) in [7, 11) is 1.72. The van der Waals surface area contributed by atoms with Crippen LogP contribution in [-0.2, 0) is 24.4 Å². The van der Waals surface area contributed by atoms with Gasteiger partial charge in [0.2, 0.25) is 5.91 Å². The number of anilines is 1. The molecule has 2 N–H and O–H groups in total. The van der Waals surface area contributed by atoms with Crippen molar-refractivity contribution in [1.29, 1.82) is 0 Å². The smallest absolute Gasteiger partial charge is 0.316 e. The van der Waals surface area contributed by atoms with E-state index in [4.69, 9.17) is 17.3 Å². The number of nitrogens with two attached hydrogens (primary N) is 1. The second kappa shape index (κ2) is 9.11. The maximum Gasteiger partial charge on any atom is 0.416 e. The molecule has 1 aromatic heterocycles. The Morgan fingerprint density at radius 1 is 1.16 bits per heavy atom. The van der Waals surface area contributed by atoms with Crippen LogP contribution in [0, 0.1) is 6.92 Å². The van der Waals surface area contributed by atoms with E-state index in [1.165, 1.54) is 17.0 Å². The summed E-state index contributed by atoms with van der Waals surface area (Å²) in [6, 6.07) is 12.4. The van der Waals surface area contributed by atoms with Crippen LogP contribution in [0.1, 0.15) is 28.4 Å². The summed E-state index contributed by atoms with van der Waals surface area (Å²) in [5.74, 6) is 0.205. The van der Waals surface area contributed by atoms with Gasteiger partial charge in [0.05, 0.1) is 11.3 Å². The van der Waals surface area contributed by atoms with Gasteiger partial charge in [-0.15, -0.1) is 0 Å². The molecular weight excluding hydrogens is 429 g/mol. The van der Waals surface area contributed by atoms with E-state index >= 15 is 0 Å². The Morgan fingerprint density at radius 2 is 1.77 bits per heavy atom. The average molecular weight is 451 g/mol. The lowest BCUT2D eigenvalue weighted by Gasteiger charge is -2.26. The van der Waals surface area contributed by atoms with E-state index in [9.17, 15) is 18.0 Å². The number of alkyl halides is 3. The number of hydrogen-bond donors (Lipinski definition) is 1. The fourth-order valence-electron chi connectivity index (χ4n) is 3.27. The fraction of sp³-hybridized carbons (Fsp3) is 0.273. The van der Waals surface area contributed by atoms with Gasteiger partial charge in [-0.25, -0.2) is 0 Å². The zero-order chi connectivity index (χ0) is 22.8. The molecule has 0 saturated carbocycles. The van der Waals surface area contributed by atoms with E-state index < -0.39 is 17.8 Å². The SMILES string of the molecule is Cc1cc(N(CCc2ccc(C(F)(F)F)cc2)C(=O)C(N)c2ccc(Cl)cc2)n(C)n1. The van der Waals surface area contributed by atoms with E-state index in [0.717, 1.165) is 17.8 Å². The highest BCUT2D eigenvalue weighted by atomic mass is 35.5. The number of halogens is 4. The normalized spacial score (nSPS) is 12.6. The van der Waals surface area contributed by atoms with Crippen LogP contribution >= 0.6 is 11.6 Å². The lowest BCUT2D eigenvalue weighted by molar-refractivity contribution is -0.137. The number of nitrogens with zero attached hydrogens (tertiary/aromatic N) is 3. The summed E-state index contributed by atoms with van der Waals surface area (Å²) >= 11 is 5.92. The molecule has 164 valence electrons. The third-order valence-electron chi connectivity index (χ3n) is 4.92. The van der Waals surface area contributed by atoms with Gasteiger partial charge < -0.3 is 5.73 Å². The van der Waals surface area contributed by atoms with E-state index in [1.807, 2.05) is 0 Å². The zero-order valence-electron chi connectivity index (χ0n) is 17.0. The first kappa shape index (κ1) is 22.8. The maximum atomic E-state index is 13.3. The topological polar surface area (TPSA) is 64.2 Å². The van der Waals surface area contributed by atoms with Crippen LogP contribution in [-0.4, -0.2) is 22.2 Å². The minimum absolute atomic E-state index is 0.227. The Morgan fingerprint density at radius 3 is 2.29 bits per heavy atom. The van der Waals surface area contributed by atoms with Crippen molar-refractivity contribution in [3.05, 3.63) is 82.0 Å². The van der Waals surface area contributed by atoms with Crippen molar-refractivity contribution < 1.29 is 18.0 Å². The Bertz CT molecular complexity index is 1050.